The maximum Gasteiger partial charge on any atom is 0.331 e. The molecule has 0 bridgehead atoms. The van der Waals surface area contributed by atoms with Crippen LogP contribution >= 0.6 is 0 Å². The zero-order chi connectivity index (χ0) is 18.5. The third kappa shape index (κ3) is 9.70. The second-order valence-corrected chi connectivity index (χ2v) is 4.96. The lowest BCUT2D eigenvalue weighted by atomic mass is 10.1. The second kappa shape index (κ2) is 11.6. The van der Waals surface area contributed by atoms with Crippen molar-refractivity contribution in [1.29, 1.82) is 0 Å². The molecule has 0 unspecified atom stereocenters. The van der Waals surface area contributed by atoms with Gasteiger partial charge in [-0.2, -0.15) is 0 Å². The molecule has 0 saturated carbocycles. The molecule has 0 aliphatic carbocycles. The summed E-state index contributed by atoms with van der Waals surface area (Å²) in [7, 11) is 1.19. The summed E-state index contributed by atoms with van der Waals surface area (Å²) in [6, 6.07) is 9.39. The van der Waals surface area contributed by atoms with Crippen LogP contribution < -0.4 is 0 Å². The van der Waals surface area contributed by atoms with Gasteiger partial charge in [0.1, 0.15) is 0 Å². The van der Waals surface area contributed by atoms with Crippen molar-refractivity contribution in [2.45, 2.75) is 25.7 Å². The van der Waals surface area contributed by atoms with Gasteiger partial charge >= 0.3 is 23.9 Å². The van der Waals surface area contributed by atoms with Gasteiger partial charge in [-0.25, -0.2) is 9.59 Å². The Morgan fingerprint density at radius 1 is 0.920 bits per heavy atom. The van der Waals surface area contributed by atoms with Crippen LogP contribution in [0, 0.1) is 0 Å². The van der Waals surface area contributed by atoms with E-state index in [2.05, 4.69) is 9.47 Å². The Morgan fingerprint density at radius 3 is 2.24 bits per heavy atom. The molecule has 0 aliphatic heterocycles. The fraction of sp³-hybridized carbons (Fsp3) is 0.333. The summed E-state index contributed by atoms with van der Waals surface area (Å²) in [5.41, 5.74) is 0.985. The van der Waals surface area contributed by atoms with E-state index in [-0.39, 0.29) is 25.9 Å². The quantitative estimate of drug-likeness (QED) is 0.220. The molecule has 1 rings (SSSR count). The average Bonchev–Trinajstić information content (AvgIpc) is 2.62. The van der Waals surface area contributed by atoms with E-state index < -0.39 is 23.9 Å². The Balaban J connectivity index is 2.13. The summed E-state index contributed by atoms with van der Waals surface area (Å²) in [6.07, 6.45) is 2.63. The second-order valence-electron chi connectivity index (χ2n) is 4.96. The summed E-state index contributed by atoms with van der Waals surface area (Å²) < 4.78 is 13.8. The van der Waals surface area contributed by atoms with E-state index in [1.54, 1.807) is 0 Å². The molecule has 0 aliphatic rings. The standard InChI is InChI=1S/C18H20O7/c1-23-15(19)11-12-16(20)24-13-5-8-17(21)25-18(22)10-9-14-6-3-2-4-7-14/h2-4,6-7,11-12H,5,8-10,13H2,1H3/b12-11+. The van der Waals surface area contributed by atoms with E-state index >= 15 is 0 Å². The molecule has 0 radical (unpaired) electrons. The molecule has 1 aromatic rings. The van der Waals surface area contributed by atoms with Crippen LogP contribution in [0.1, 0.15) is 24.8 Å². The van der Waals surface area contributed by atoms with Gasteiger partial charge in [-0.3, -0.25) is 9.59 Å². The predicted octanol–water partition coefficient (Wildman–Crippen LogP) is 1.74. The largest absolute Gasteiger partial charge is 0.466 e. The van der Waals surface area contributed by atoms with E-state index in [0.717, 1.165) is 17.7 Å². The van der Waals surface area contributed by atoms with Crippen molar-refractivity contribution in [3.05, 3.63) is 48.0 Å². The van der Waals surface area contributed by atoms with Crippen LogP contribution in [-0.2, 0) is 39.8 Å². The maximum absolute atomic E-state index is 11.6. The molecular formula is C18H20O7. The van der Waals surface area contributed by atoms with Gasteiger partial charge < -0.3 is 14.2 Å². The lowest BCUT2D eigenvalue weighted by molar-refractivity contribution is -0.160. The zero-order valence-electron chi connectivity index (χ0n) is 13.9. The monoisotopic (exact) mass is 348 g/mol. The van der Waals surface area contributed by atoms with Gasteiger partial charge in [0.25, 0.3) is 0 Å². The van der Waals surface area contributed by atoms with Gasteiger partial charge in [0.2, 0.25) is 0 Å². The Morgan fingerprint density at radius 2 is 1.56 bits per heavy atom. The van der Waals surface area contributed by atoms with E-state index in [0.29, 0.717) is 6.42 Å². The van der Waals surface area contributed by atoms with Crippen LogP contribution in [0.2, 0.25) is 0 Å². The van der Waals surface area contributed by atoms with E-state index in [4.69, 9.17) is 4.74 Å². The number of methoxy groups -OCH3 is 1. The SMILES string of the molecule is COC(=O)/C=C/C(=O)OCCCC(=O)OC(=O)CCc1ccccc1. The molecule has 134 valence electrons. The molecule has 0 heterocycles. The van der Waals surface area contributed by atoms with Gasteiger partial charge in [0.05, 0.1) is 20.1 Å². The van der Waals surface area contributed by atoms with Crippen LogP contribution in [0.3, 0.4) is 0 Å². The number of rotatable bonds is 9. The molecule has 0 spiro atoms. The van der Waals surface area contributed by atoms with Crippen molar-refractivity contribution in [1.82, 2.24) is 0 Å². The Kier molecular flexibility index (Phi) is 9.28. The molecule has 0 N–H and O–H groups in total. The minimum Gasteiger partial charge on any atom is -0.466 e. The Labute approximate surface area is 145 Å². The van der Waals surface area contributed by atoms with Crippen molar-refractivity contribution in [2.75, 3.05) is 13.7 Å². The topological polar surface area (TPSA) is 96.0 Å². The van der Waals surface area contributed by atoms with Crippen molar-refractivity contribution in [2.24, 2.45) is 0 Å². The first-order valence-electron chi connectivity index (χ1n) is 7.71. The van der Waals surface area contributed by atoms with Crippen LogP contribution in [0.15, 0.2) is 42.5 Å². The average molecular weight is 348 g/mol. The summed E-state index contributed by atoms with van der Waals surface area (Å²) in [5, 5.41) is 0. The van der Waals surface area contributed by atoms with E-state index in [1.807, 2.05) is 30.3 Å². The number of aryl methyl sites for hydroxylation is 1. The number of esters is 4. The summed E-state index contributed by atoms with van der Waals surface area (Å²) in [4.78, 5) is 45.1. The van der Waals surface area contributed by atoms with Crippen LogP contribution in [0.4, 0.5) is 0 Å². The van der Waals surface area contributed by atoms with Gasteiger partial charge in [-0.05, 0) is 18.4 Å². The van der Waals surface area contributed by atoms with Gasteiger partial charge in [-0.15, -0.1) is 0 Å². The Hall–Kier alpha value is -2.96. The van der Waals surface area contributed by atoms with Crippen molar-refractivity contribution in [3.63, 3.8) is 0 Å². The lowest BCUT2D eigenvalue weighted by Gasteiger charge is -2.04. The molecule has 0 fully saturated rings. The number of hydrogen-bond acceptors (Lipinski definition) is 7. The normalized spacial score (nSPS) is 10.3. The predicted molar refractivity (Wildman–Crippen MR) is 87.2 cm³/mol. The summed E-state index contributed by atoms with van der Waals surface area (Å²) >= 11 is 0. The number of carbonyl (C=O) groups excluding carboxylic acids is 4. The smallest absolute Gasteiger partial charge is 0.331 e. The molecule has 0 amide bonds. The first kappa shape index (κ1) is 20.1. The van der Waals surface area contributed by atoms with Crippen molar-refractivity contribution < 1.29 is 33.4 Å². The lowest BCUT2D eigenvalue weighted by Crippen LogP contribution is -2.14. The number of benzene rings is 1. The fourth-order valence-electron chi connectivity index (χ4n) is 1.76. The molecule has 7 nitrogen and oxygen atoms in total. The fourth-order valence-corrected chi connectivity index (χ4v) is 1.76. The molecular weight excluding hydrogens is 328 g/mol. The van der Waals surface area contributed by atoms with Gasteiger partial charge in [0.15, 0.2) is 0 Å². The highest BCUT2D eigenvalue weighted by Crippen LogP contribution is 2.04. The minimum absolute atomic E-state index is 0.0301. The van der Waals surface area contributed by atoms with Crippen LogP contribution in [0.5, 0.6) is 0 Å². The molecule has 25 heavy (non-hydrogen) atoms. The molecule has 0 atom stereocenters. The maximum atomic E-state index is 11.6. The van der Waals surface area contributed by atoms with Crippen molar-refractivity contribution >= 4 is 23.9 Å². The molecule has 0 aromatic heterocycles. The van der Waals surface area contributed by atoms with Crippen molar-refractivity contribution in [3.8, 4) is 0 Å². The third-order valence-electron chi connectivity index (χ3n) is 3.01. The number of carbonyl (C=O) groups is 4. The highest BCUT2D eigenvalue weighted by molar-refractivity contribution is 5.91. The van der Waals surface area contributed by atoms with Gasteiger partial charge in [0, 0.05) is 18.6 Å². The molecule has 7 heteroatoms. The number of ether oxygens (including phenoxy) is 3. The van der Waals surface area contributed by atoms with Crippen LogP contribution in [0.25, 0.3) is 0 Å². The highest BCUT2D eigenvalue weighted by atomic mass is 16.6. The molecule has 0 saturated heterocycles. The molecule has 1 aromatic carbocycles. The summed E-state index contributed by atoms with van der Waals surface area (Å²) in [6.45, 7) is -0.0301. The first-order chi connectivity index (χ1) is 12.0. The van der Waals surface area contributed by atoms with E-state index in [9.17, 15) is 19.2 Å². The Bertz CT molecular complexity index is 620. The first-order valence-corrected chi connectivity index (χ1v) is 7.71. The third-order valence-corrected chi connectivity index (χ3v) is 3.01. The van der Waals surface area contributed by atoms with Crippen LogP contribution in [-0.4, -0.2) is 37.6 Å². The zero-order valence-corrected chi connectivity index (χ0v) is 13.9. The van der Waals surface area contributed by atoms with Gasteiger partial charge in [-0.1, -0.05) is 30.3 Å². The minimum atomic E-state index is -0.724. The highest BCUT2D eigenvalue weighted by Gasteiger charge is 2.11. The van der Waals surface area contributed by atoms with E-state index in [1.165, 1.54) is 7.11 Å². The summed E-state index contributed by atoms with van der Waals surface area (Å²) in [5.74, 6) is -2.65. The number of hydrogen-bond donors (Lipinski definition) is 0.